The number of hydrogen-bond donors (Lipinski definition) is 1. The second-order valence-corrected chi connectivity index (χ2v) is 9.09. The van der Waals surface area contributed by atoms with E-state index in [1.807, 2.05) is 41.3 Å². The predicted octanol–water partition coefficient (Wildman–Crippen LogP) is 5.25. The molecule has 1 fully saturated rings. The van der Waals surface area contributed by atoms with E-state index in [1.165, 1.54) is 0 Å². The molecule has 5 rings (SSSR count). The standard InChI is InChI=1S/C27H19BrN2O3/c28-20-15-22-27(16-29,26(32)33)23(17-9-3-1-4-10-17)24(25(31)18-11-5-2-6-12-18)30(22)21-14-8-7-13-19(20)21/h1-15,22-24H,(H,32,33). The number of carboxylic acids is 1. The van der Waals surface area contributed by atoms with Gasteiger partial charge in [0.15, 0.2) is 11.2 Å². The Kier molecular flexibility index (Phi) is 5.15. The number of para-hydroxylation sites is 1. The highest BCUT2D eigenvalue weighted by molar-refractivity contribution is 9.15. The van der Waals surface area contributed by atoms with E-state index >= 15 is 0 Å². The summed E-state index contributed by atoms with van der Waals surface area (Å²) in [5, 5.41) is 21.0. The number of halogens is 1. The maximum atomic E-state index is 14.0. The summed E-state index contributed by atoms with van der Waals surface area (Å²) in [6.45, 7) is 0. The molecule has 6 heteroatoms. The van der Waals surface area contributed by atoms with Crippen molar-refractivity contribution in [1.29, 1.82) is 5.26 Å². The number of aliphatic carboxylic acids is 1. The average molecular weight is 499 g/mol. The molecule has 4 unspecified atom stereocenters. The number of nitriles is 1. The Bertz CT molecular complexity index is 1320. The highest BCUT2D eigenvalue weighted by Crippen LogP contribution is 2.57. The molecule has 3 aromatic rings. The van der Waals surface area contributed by atoms with Crippen LogP contribution in [0.25, 0.3) is 4.48 Å². The van der Waals surface area contributed by atoms with Crippen molar-refractivity contribution in [3.8, 4) is 6.07 Å². The Hall–Kier alpha value is -3.69. The largest absolute Gasteiger partial charge is 0.480 e. The summed E-state index contributed by atoms with van der Waals surface area (Å²) in [6.07, 6.45) is 1.76. The molecule has 2 aliphatic rings. The summed E-state index contributed by atoms with van der Waals surface area (Å²) in [4.78, 5) is 28.8. The number of Topliss-reactive ketones (excluding diaryl/α,β-unsaturated/α-hetero) is 1. The maximum absolute atomic E-state index is 14.0. The topological polar surface area (TPSA) is 81.4 Å². The number of rotatable bonds is 4. The van der Waals surface area contributed by atoms with Gasteiger partial charge in [0.25, 0.3) is 0 Å². The van der Waals surface area contributed by atoms with E-state index in [1.54, 1.807) is 54.6 Å². The van der Waals surface area contributed by atoms with Crippen molar-refractivity contribution in [3.05, 3.63) is 108 Å². The van der Waals surface area contributed by atoms with E-state index in [4.69, 9.17) is 0 Å². The van der Waals surface area contributed by atoms with Crippen molar-refractivity contribution >= 4 is 37.9 Å². The van der Waals surface area contributed by atoms with Gasteiger partial charge in [-0.25, -0.2) is 0 Å². The first-order valence-electron chi connectivity index (χ1n) is 10.5. The zero-order chi connectivity index (χ0) is 23.2. The molecule has 33 heavy (non-hydrogen) atoms. The monoisotopic (exact) mass is 498 g/mol. The molecular weight excluding hydrogens is 480 g/mol. The number of ketones is 1. The van der Waals surface area contributed by atoms with Crippen molar-refractivity contribution < 1.29 is 14.7 Å². The first kappa shape index (κ1) is 21.2. The third-order valence-corrected chi connectivity index (χ3v) is 7.33. The van der Waals surface area contributed by atoms with Gasteiger partial charge in [0.05, 0.1) is 12.1 Å². The zero-order valence-electron chi connectivity index (χ0n) is 17.4. The minimum atomic E-state index is -1.87. The van der Waals surface area contributed by atoms with Gasteiger partial charge in [-0.1, -0.05) is 94.8 Å². The number of benzene rings is 3. The Balaban J connectivity index is 1.84. The molecule has 0 radical (unpaired) electrons. The number of carbonyl (C=O) groups excluding carboxylic acids is 1. The van der Waals surface area contributed by atoms with Gasteiger partial charge in [0.1, 0.15) is 6.04 Å². The summed E-state index contributed by atoms with van der Waals surface area (Å²) >= 11 is 3.58. The first-order chi connectivity index (χ1) is 16.0. The Labute approximate surface area is 199 Å². The molecule has 0 amide bonds. The van der Waals surface area contributed by atoms with Crippen LogP contribution >= 0.6 is 15.9 Å². The van der Waals surface area contributed by atoms with Crippen LogP contribution in [0.2, 0.25) is 0 Å². The summed E-state index contributed by atoms with van der Waals surface area (Å²) < 4.78 is 0.708. The number of nitrogens with zero attached hydrogens (tertiary/aromatic N) is 2. The minimum absolute atomic E-state index is 0.214. The van der Waals surface area contributed by atoms with Gasteiger partial charge in [0.2, 0.25) is 0 Å². The van der Waals surface area contributed by atoms with Gasteiger partial charge < -0.3 is 10.0 Å². The van der Waals surface area contributed by atoms with Crippen LogP contribution in [-0.4, -0.2) is 28.9 Å². The minimum Gasteiger partial charge on any atom is -0.480 e. The SMILES string of the molecule is N#CC1(C(=O)O)C(c2ccccc2)C(C(=O)c2ccccc2)N2c3ccccc3C(Br)=CC21. The van der Waals surface area contributed by atoms with Gasteiger partial charge in [-0.3, -0.25) is 9.59 Å². The number of hydrogen-bond acceptors (Lipinski definition) is 4. The van der Waals surface area contributed by atoms with Gasteiger partial charge in [-0.05, 0) is 17.7 Å². The fourth-order valence-electron chi connectivity index (χ4n) is 5.23. The van der Waals surface area contributed by atoms with Gasteiger partial charge in [0, 0.05) is 27.2 Å². The Morgan fingerprint density at radius 2 is 1.55 bits per heavy atom. The highest BCUT2D eigenvalue weighted by Gasteiger charge is 2.67. The van der Waals surface area contributed by atoms with Crippen LogP contribution < -0.4 is 4.90 Å². The number of anilines is 1. The summed E-state index contributed by atoms with van der Waals surface area (Å²) in [5.74, 6) is -2.34. The predicted molar refractivity (Wildman–Crippen MR) is 129 cm³/mol. The highest BCUT2D eigenvalue weighted by atomic mass is 79.9. The Morgan fingerprint density at radius 1 is 0.939 bits per heavy atom. The van der Waals surface area contributed by atoms with Crippen molar-refractivity contribution in [1.82, 2.24) is 0 Å². The lowest BCUT2D eigenvalue weighted by Gasteiger charge is -2.37. The zero-order valence-corrected chi connectivity index (χ0v) is 19.0. The van der Waals surface area contributed by atoms with Crippen LogP contribution in [0, 0.1) is 16.7 Å². The second kappa shape index (κ2) is 8.02. The molecule has 2 aliphatic heterocycles. The molecule has 5 nitrogen and oxygen atoms in total. The number of fused-ring (bicyclic) bond motifs is 3. The van der Waals surface area contributed by atoms with E-state index in [9.17, 15) is 20.0 Å². The normalized spacial score (nSPS) is 25.4. The third kappa shape index (κ3) is 3.04. The average Bonchev–Trinajstić information content (AvgIpc) is 3.16. The van der Waals surface area contributed by atoms with Crippen LogP contribution in [0.5, 0.6) is 0 Å². The fraction of sp³-hybridized carbons (Fsp3) is 0.148. The van der Waals surface area contributed by atoms with Crippen LogP contribution in [0.3, 0.4) is 0 Å². The molecule has 1 saturated heterocycles. The van der Waals surface area contributed by atoms with Crippen molar-refractivity contribution in [2.75, 3.05) is 4.90 Å². The summed E-state index contributed by atoms with van der Waals surface area (Å²) in [7, 11) is 0. The van der Waals surface area contributed by atoms with Gasteiger partial charge >= 0.3 is 5.97 Å². The van der Waals surface area contributed by atoms with E-state index in [2.05, 4.69) is 22.0 Å². The molecular formula is C27H19BrN2O3. The lowest BCUT2D eigenvalue weighted by molar-refractivity contribution is -0.146. The molecule has 0 saturated carbocycles. The molecule has 0 bridgehead atoms. The smallest absolute Gasteiger partial charge is 0.327 e. The molecule has 4 atom stereocenters. The van der Waals surface area contributed by atoms with Crippen LogP contribution in [0.15, 0.2) is 91.0 Å². The molecule has 0 spiro atoms. The van der Waals surface area contributed by atoms with Gasteiger partial charge in [-0.2, -0.15) is 5.26 Å². The van der Waals surface area contributed by atoms with Gasteiger partial charge in [-0.15, -0.1) is 0 Å². The van der Waals surface area contributed by atoms with Crippen molar-refractivity contribution in [2.24, 2.45) is 5.41 Å². The van der Waals surface area contributed by atoms with Crippen LogP contribution in [0.4, 0.5) is 5.69 Å². The van der Waals surface area contributed by atoms with Crippen molar-refractivity contribution in [3.63, 3.8) is 0 Å². The van der Waals surface area contributed by atoms with E-state index in [0.29, 0.717) is 15.6 Å². The molecule has 1 N–H and O–H groups in total. The molecule has 0 aromatic heterocycles. The fourth-order valence-corrected chi connectivity index (χ4v) is 5.81. The lowest BCUT2D eigenvalue weighted by Crippen LogP contribution is -2.46. The number of carboxylic acid groups (broad SMARTS) is 1. The lowest BCUT2D eigenvalue weighted by atomic mass is 9.68. The van der Waals surface area contributed by atoms with Crippen LogP contribution in [0.1, 0.15) is 27.4 Å². The third-order valence-electron chi connectivity index (χ3n) is 6.64. The number of carbonyl (C=O) groups is 2. The maximum Gasteiger partial charge on any atom is 0.327 e. The van der Waals surface area contributed by atoms with E-state index in [-0.39, 0.29) is 5.78 Å². The summed E-state index contributed by atoms with van der Waals surface area (Å²) in [6, 6.07) is 25.9. The Morgan fingerprint density at radius 3 is 2.18 bits per heavy atom. The molecule has 3 aromatic carbocycles. The van der Waals surface area contributed by atoms with Crippen molar-refractivity contribution in [2.45, 2.75) is 18.0 Å². The van der Waals surface area contributed by atoms with E-state index < -0.39 is 29.4 Å². The molecule has 162 valence electrons. The van der Waals surface area contributed by atoms with Crippen LogP contribution in [-0.2, 0) is 4.79 Å². The quantitative estimate of drug-likeness (QED) is 0.496. The molecule has 0 aliphatic carbocycles. The molecule has 2 heterocycles. The summed E-state index contributed by atoms with van der Waals surface area (Å²) in [5.41, 5.74) is 0.832. The first-order valence-corrected chi connectivity index (χ1v) is 11.3. The second-order valence-electron chi connectivity index (χ2n) is 8.23. The van der Waals surface area contributed by atoms with E-state index in [0.717, 1.165) is 11.3 Å².